The van der Waals surface area contributed by atoms with Crippen LogP contribution in [0.3, 0.4) is 0 Å². The summed E-state index contributed by atoms with van der Waals surface area (Å²) in [5.74, 6) is -0.315. The van der Waals surface area contributed by atoms with E-state index in [1.54, 1.807) is 37.4 Å². The maximum absolute atomic E-state index is 12.6. The van der Waals surface area contributed by atoms with Crippen LogP contribution in [-0.4, -0.2) is 30.7 Å². The summed E-state index contributed by atoms with van der Waals surface area (Å²) in [5, 5.41) is 13.3. The molecule has 1 aromatic heterocycles. The zero-order valence-electron chi connectivity index (χ0n) is 16.9. The molecule has 1 atom stereocenters. The fourth-order valence-corrected chi connectivity index (χ4v) is 5.15. The number of hydrogen-bond acceptors (Lipinski definition) is 5. The number of carboxylic acid groups (broad SMARTS) is 1. The number of anilines is 1. The summed E-state index contributed by atoms with van der Waals surface area (Å²) in [6.45, 7) is 2.36. The molecule has 0 radical (unpaired) electrons. The third-order valence-corrected chi connectivity index (χ3v) is 6.67. The molecule has 6 nitrogen and oxygen atoms in total. The molecule has 160 valence electrons. The maximum Gasteiger partial charge on any atom is 0.346 e. The third-order valence-electron chi connectivity index (χ3n) is 5.12. The normalized spacial score (nSPS) is 15.2. The smallest absolute Gasteiger partial charge is 0.346 e. The molecular weight excluding hydrogens is 438 g/mol. The monoisotopic (exact) mass is 457 g/mol. The number of thiophene rings is 1. The Labute approximate surface area is 188 Å². The molecule has 8 heteroatoms. The number of aromatic carboxylic acids is 1. The average molecular weight is 458 g/mol. The van der Waals surface area contributed by atoms with Crippen LogP contribution in [-0.2, 0) is 4.79 Å². The Bertz CT molecular complexity index is 1160. The van der Waals surface area contributed by atoms with Gasteiger partial charge in [0.15, 0.2) is 11.5 Å². The molecule has 4 rings (SSSR count). The van der Waals surface area contributed by atoms with Crippen molar-refractivity contribution in [1.82, 2.24) is 0 Å². The molecule has 0 aliphatic carbocycles. The Kier molecular flexibility index (Phi) is 5.89. The first-order valence-corrected chi connectivity index (χ1v) is 10.9. The number of hydrogen-bond donors (Lipinski definition) is 2. The number of carbonyl (C=O) groups is 2. The quantitative estimate of drug-likeness (QED) is 0.499. The second kappa shape index (κ2) is 8.61. The van der Waals surface area contributed by atoms with E-state index in [1.165, 1.54) is 11.3 Å². The van der Waals surface area contributed by atoms with E-state index in [0.29, 0.717) is 39.9 Å². The number of benzene rings is 2. The summed E-state index contributed by atoms with van der Waals surface area (Å²) in [4.78, 5) is 25.7. The van der Waals surface area contributed by atoms with Gasteiger partial charge in [-0.1, -0.05) is 29.8 Å². The molecule has 1 aliphatic heterocycles. The van der Waals surface area contributed by atoms with Crippen molar-refractivity contribution in [2.45, 2.75) is 19.3 Å². The summed E-state index contributed by atoms with van der Waals surface area (Å²) >= 11 is 7.19. The predicted molar refractivity (Wildman–Crippen MR) is 121 cm³/mol. The molecule has 0 saturated heterocycles. The molecule has 0 spiro atoms. The van der Waals surface area contributed by atoms with Crippen molar-refractivity contribution in [1.29, 1.82) is 0 Å². The van der Waals surface area contributed by atoms with E-state index in [9.17, 15) is 14.7 Å². The van der Waals surface area contributed by atoms with E-state index in [1.807, 2.05) is 19.1 Å². The Morgan fingerprint density at radius 2 is 1.97 bits per heavy atom. The number of carbonyl (C=O) groups excluding carboxylic acids is 1. The van der Waals surface area contributed by atoms with E-state index in [2.05, 4.69) is 5.32 Å². The lowest BCUT2D eigenvalue weighted by atomic mass is 9.88. The molecule has 2 heterocycles. The van der Waals surface area contributed by atoms with Gasteiger partial charge in [0.05, 0.1) is 19.4 Å². The number of halogens is 1. The molecule has 1 aliphatic rings. The Morgan fingerprint density at radius 3 is 2.61 bits per heavy atom. The van der Waals surface area contributed by atoms with E-state index in [4.69, 9.17) is 21.1 Å². The molecule has 1 amide bonds. The fraction of sp³-hybridized carbons (Fsp3) is 0.217. The fourth-order valence-electron chi connectivity index (χ4n) is 3.78. The van der Waals surface area contributed by atoms with Crippen LogP contribution in [0.15, 0.2) is 42.5 Å². The third kappa shape index (κ3) is 3.98. The molecule has 2 N–H and O–H groups in total. The van der Waals surface area contributed by atoms with Gasteiger partial charge in [-0.15, -0.1) is 11.3 Å². The number of methoxy groups -OCH3 is 1. The molecule has 2 aromatic carbocycles. The van der Waals surface area contributed by atoms with Gasteiger partial charge >= 0.3 is 5.97 Å². The lowest BCUT2D eigenvalue weighted by molar-refractivity contribution is -0.116. The summed E-state index contributed by atoms with van der Waals surface area (Å²) < 4.78 is 11.1. The number of carboxylic acids is 1. The second-order valence-electron chi connectivity index (χ2n) is 7.01. The van der Waals surface area contributed by atoms with Gasteiger partial charge in [-0.3, -0.25) is 4.79 Å². The summed E-state index contributed by atoms with van der Waals surface area (Å²) in [5.41, 5.74) is 2.59. The summed E-state index contributed by atoms with van der Waals surface area (Å²) in [7, 11) is 1.57. The molecule has 0 saturated carbocycles. The summed E-state index contributed by atoms with van der Waals surface area (Å²) in [6.07, 6.45) is 0.213. The lowest BCUT2D eigenvalue weighted by Gasteiger charge is -2.24. The number of rotatable bonds is 6. The minimum Gasteiger partial charge on any atom is -0.493 e. The maximum atomic E-state index is 12.6. The Morgan fingerprint density at radius 1 is 1.23 bits per heavy atom. The van der Waals surface area contributed by atoms with Crippen molar-refractivity contribution < 1.29 is 24.2 Å². The van der Waals surface area contributed by atoms with E-state index in [0.717, 1.165) is 10.4 Å². The van der Waals surface area contributed by atoms with Crippen molar-refractivity contribution in [3.63, 3.8) is 0 Å². The lowest BCUT2D eigenvalue weighted by Crippen LogP contribution is -2.22. The highest BCUT2D eigenvalue weighted by molar-refractivity contribution is 7.15. The van der Waals surface area contributed by atoms with Crippen LogP contribution < -0.4 is 14.8 Å². The SMILES string of the molecule is CCOc1cc(C2CC(=O)Nc3c2sc(C(=O)O)c3-c2ccc(Cl)cc2)ccc1OC. The number of nitrogens with one attached hydrogen (secondary N) is 1. The minimum atomic E-state index is -1.04. The molecule has 31 heavy (non-hydrogen) atoms. The second-order valence-corrected chi connectivity index (χ2v) is 8.49. The predicted octanol–water partition coefficient (Wildman–Crippen LogP) is 5.65. The number of ether oxygens (including phenoxy) is 2. The van der Waals surface area contributed by atoms with Gasteiger partial charge in [-0.2, -0.15) is 0 Å². The highest BCUT2D eigenvalue weighted by atomic mass is 35.5. The van der Waals surface area contributed by atoms with Crippen LogP contribution >= 0.6 is 22.9 Å². The Balaban J connectivity index is 1.88. The van der Waals surface area contributed by atoms with Crippen molar-refractivity contribution in [2.24, 2.45) is 0 Å². The van der Waals surface area contributed by atoms with Crippen LogP contribution in [0.2, 0.25) is 5.02 Å². The van der Waals surface area contributed by atoms with Gasteiger partial charge < -0.3 is 19.9 Å². The number of amides is 1. The van der Waals surface area contributed by atoms with Crippen molar-refractivity contribution >= 4 is 40.5 Å². The summed E-state index contributed by atoms with van der Waals surface area (Å²) in [6, 6.07) is 12.5. The standard InChI is InChI=1S/C23H20ClNO5S/c1-3-30-17-10-13(6-9-16(17)29-2)15-11-18(26)25-20-19(12-4-7-14(24)8-5-12)22(23(27)28)31-21(15)20/h4-10,15H,3,11H2,1-2H3,(H,25,26)(H,27,28). The van der Waals surface area contributed by atoms with Crippen LogP contribution in [0.25, 0.3) is 11.1 Å². The van der Waals surface area contributed by atoms with E-state index in [-0.39, 0.29) is 23.1 Å². The first kappa shape index (κ1) is 21.2. The van der Waals surface area contributed by atoms with Gasteiger partial charge in [0.2, 0.25) is 5.91 Å². The zero-order valence-corrected chi connectivity index (χ0v) is 18.5. The highest BCUT2D eigenvalue weighted by Gasteiger charge is 2.34. The van der Waals surface area contributed by atoms with E-state index >= 15 is 0 Å². The first-order valence-electron chi connectivity index (χ1n) is 9.69. The number of fused-ring (bicyclic) bond motifs is 1. The van der Waals surface area contributed by atoms with Crippen molar-refractivity contribution in [3.8, 4) is 22.6 Å². The van der Waals surface area contributed by atoms with Crippen LogP contribution in [0.1, 0.15) is 39.4 Å². The molecular formula is C23H20ClNO5S. The molecule has 3 aromatic rings. The largest absolute Gasteiger partial charge is 0.493 e. The van der Waals surface area contributed by atoms with Crippen LogP contribution in [0, 0.1) is 0 Å². The minimum absolute atomic E-state index is 0.170. The zero-order chi connectivity index (χ0) is 22.1. The van der Waals surface area contributed by atoms with Crippen molar-refractivity contribution in [2.75, 3.05) is 19.0 Å². The van der Waals surface area contributed by atoms with Gasteiger partial charge in [-0.05, 0) is 42.3 Å². The molecule has 0 fully saturated rings. The first-order chi connectivity index (χ1) is 14.9. The molecule has 1 unspecified atom stereocenters. The van der Waals surface area contributed by atoms with Crippen LogP contribution in [0.4, 0.5) is 5.69 Å². The van der Waals surface area contributed by atoms with Gasteiger partial charge in [0, 0.05) is 27.8 Å². The molecule has 0 bridgehead atoms. The Hall–Kier alpha value is -3.03. The topological polar surface area (TPSA) is 84.9 Å². The average Bonchev–Trinajstić information content (AvgIpc) is 3.13. The van der Waals surface area contributed by atoms with Gasteiger partial charge in [0.25, 0.3) is 0 Å². The van der Waals surface area contributed by atoms with Crippen molar-refractivity contribution in [3.05, 3.63) is 62.8 Å². The van der Waals surface area contributed by atoms with Gasteiger partial charge in [-0.25, -0.2) is 4.79 Å². The van der Waals surface area contributed by atoms with Gasteiger partial charge in [0.1, 0.15) is 4.88 Å². The van der Waals surface area contributed by atoms with E-state index < -0.39 is 5.97 Å². The highest BCUT2D eigenvalue weighted by Crippen LogP contribution is 2.50. The van der Waals surface area contributed by atoms with Crippen LogP contribution in [0.5, 0.6) is 11.5 Å².